The summed E-state index contributed by atoms with van der Waals surface area (Å²) in [6, 6.07) is 0. The molecule has 0 aromatic rings. The largest absolute Gasteiger partial charge is 0.388 e. The van der Waals surface area contributed by atoms with Gasteiger partial charge in [0.1, 0.15) is 6.10 Å². The van der Waals surface area contributed by atoms with E-state index in [1.807, 2.05) is 6.92 Å². The van der Waals surface area contributed by atoms with E-state index in [2.05, 4.69) is 4.84 Å². The molecule has 0 radical (unpaired) electrons. The Bertz CT molecular complexity index is 152. The van der Waals surface area contributed by atoms with Crippen molar-refractivity contribution < 1.29 is 15.0 Å². The zero-order chi connectivity index (χ0) is 9.78. The van der Waals surface area contributed by atoms with Crippen molar-refractivity contribution in [3.8, 4) is 0 Å². The molecule has 1 unspecified atom stereocenters. The first-order chi connectivity index (χ1) is 5.38. The van der Waals surface area contributed by atoms with Gasteiger partial charge in [-0.1, -0.05) is 13.3 Å². The molecule has 0 amide bonds. The van der Waals surface area contributed by atoms with Crippen molar-refractivity contribution in [3.63, 3.8) is 0 Å². The first-order valence-electron chi connectivity index (χ1n) is 3.91. The summed E-state index contributed by atoms with van der Waals surface area (Å²) in [6.07, 6.45) is 0.477. The molecule has 0 bridgehead atoms. The Morgan fingerprint density at radius 2 is 2.17 bits per heavy atom. The van der Waals surface area contributed by atoms with Gasteiger partial charge in [-0.05, 0) is 20.3 Å². The fourth-order valence-corrected chi connectivity index (χ4v) is 0.901. The van der Waals surface area contributed by atoms with Gasteiger partial charge in [0.2, 0.25) is 0 Å². The molecule has 12 heavy (non-hydrogen) atoms. The molecule has 0 aromatic heterocycles. The standard InChI is InChI=1S/C7H15NO4/c1-4-5-6(7(2,3)9)12-8(10)11/h6,9H,4-5H2,1-3H3. The van der Waals surface area contributed by atoms with Crippen molar-refractivity contribution in [2.45, 2.75) is 45.3 Å². The van der Waals surface area contributed by atoms with Crippen LogP contribution < -0.4 is 0 Å². The van der Waals surface area contributed by atoms with Gasteiger partial charge < -0.3 is 9.94 Å². The second kappa shape index (κ2) is 4.25. The summed E-state index contributed by atoms with van der Waals surface area (Å²) >= 11 is 0. The molecule has 0 saturated carbocycles. The average Bonchev–Trinajstić information content (AvgIpc) is 1.83. The summed E-state index contributed by atoms with van der Waals surface area (Å²) in [6.45, 7) is 4.87. The maximum Gasteiger partial charge on any atom is 0.294 e. The van der Waals surface area contributed by atoms with E-state index in [1.165, 1.54) is 13.8 Å². The minimum Gasteiger partial charge on any atom is -0.388 e. The Kier molecular flexibility index (Phi) is 3.95. The van der Waals surface area contributed by atoms with Gasteiger partial charge in [-0.3, -0.25) is 0 Å². The van der Waals surface area contributed by atoms with Gasteiger partial charge in [-0.15, -0.1) is 10.1 Å². The van der Waals surface area contributed by atoms with Crippen LogP contribution in [0.1, 0.15) is 33.6 Å². The van der Waals surface area contributed by atoms with Crippen LogP contribution in [0.4, 0.5) is 0 Å². The lowest BCUT2D eigenvalue weighted by atomic mass is 9.98. The van der Waals surface area contributed by atoms with Gasteiger partial charge in [-0.25, -0.2) is 0 Å². The maximum absolute atomic E-state index is 10.0. The zero-order valence-electron chi connectivity index (χ0n) is 7.61. The van der Waals surface area contributed by atoms with Crippen LogP contribution in [-0.2, 0) is 4.84 Å². The third-order valence-corrected chi connectivity index (χ3v) is 1.55. The summed E-state index contributed by atoms with van der Waals surface area (Å²) in [4.78, 5) is 14.3. The van der Waals surface area contributed by atoms with Crippen molar-refractivity contribution in [1.82, 2.24) is 0 Å². The molecule has 1 atom stereocenters. The topological polar surface area (TPSA) is 72.6 Å². The zero-order valence-corrected chi connectivity index (χ0v) is 7.61. The van der Waals surface area contributed by atoms with Gasteiger partial charge in [0.05, 0.1) is 5.60 Å². The minimum absolute atomic E-state index is 0.477. The highest BCUT2D eigenvalue weighted by atomic mass is 17.0. The normalized spacial score (nSPS) is 14.0. The fourth-order valence-electron chi connectivity index (χ4n) is 0.901. The van der Waals surface area contributed by atoms with Crippen molar-refractivity contribution in [2.24, 2.45) is 0 Å². The molecule has 0 rings (SSSR count). The second-order valence-corrected chi connectivity index (χ2v) is 3.26. The highest BCUT2D eigenvalue weighted by molar-refractivity contribution is 4.76. The Balaban J connectivity index is 4.13. The van der Waals surface area contributed by atoms with Crippen molar-refractivity contribution >= 4 is 0 Å². The van der Waals surface area contributed by atoms with E-state index < -0.39 is 16.8 Å². The Morgan fingerprint density at radius 3 is 2.42 bits per heavy atom. The van der Waals surface area contributed by atoms with E-state index in [0.29, 0.717) is 6.42 Å². The van der Waals surface area contributed by atoms with Crippen LogP contribution >= 0.6 is 0 Å². The molecular formula is C7H15NO4. The quantitative estimate of drug-likeness (QED) is 0.504. The van der Waals surface area contributed by atoms with E-state index in [-0.39, 0.29) is 0 Å². The van der Waals surface area contributed by atoms with E-state index >= 15 is 0 Å². The van der Waals surface area contributed by atoms with Gasteiger partial charge in [0, 0.05) is 0 Å². The Labute approximate surface area is 71.4 Å². The smallest absolute Gasteiger partial charge is 0.294 e. The van der Waals surface area contributed by atoms with Gasteiger partial charge >= 0.3 is 0 Å². The summed E-state index contributed by atoms with van der Waals surface area (Å²) < 4.78 is 0. The first kappa shape index (κ1) is 11.2. The lowest BCUT2D eigenvalue weighted by Gasteiger charge is -2.26. The molecule has 0 saturated heterocycles. The van der Waals surface area contributed by atoms with Gasteiger partial charge in [-0.2, -0.15) is 0 Å². The van der Waals surface area contributed by atoms with Crippen LogP contribution in [0.25, 0.3) is 0 Å². The predicted molar refractivity (Wildman–Crippen MR) is 43.1 cm³/mol. The third kappa shape index (κ3) is 4.12. The molecule has 5 heteroatoms. The summed E-state index contributed by atoms with van der Waals surface area (Å²) in [7, 11) is 0. The number of hydrogen-bond donors (Lipinski definition) is 1. The first-order valence-corrected chi connectivity index (χ1v) is 3.91. The molecule has 0 fully saturated rings. The molecule has 5 nitrogen and oxygen atoms in total. The molecular weight excluding hydrogens is 162 g/mol. The molecule has 0 aliphatic rings. The van der Waals surface area contributed by atoms with Crippen LogP contribution in [0.5, 0.6) is 0 Å². The molecule has 1 N–H and O–H groups in total. The molecule has 0 heterocycles. The fraction of sp³-hybridized carbons (Fsp3) is 1.00. The lowest BCUT2D eigenvalue weighted by Crippen LogP contribution is -2.39. The van der Waals surface area contributed by atoms with E-state index in [1.54, 1.807) is 0 Å². The van der Waals surface area contributed by atoms with Crippen LogP contribution in [0.2, 0.25) is 0 Å². The highest BCUT2D eigenvalue weighted by Crippen LogP contribution is 2.17. The van der Waals surface area contributed by atoms with E-state index in [9.17, 15) is 15.2 Å². The molecule has 0 aromatic carbocycles. The van der Waals surface area contributed by atoms with Crippen LogP contribution in [0.15, 0.2) is 0 Å². The Morgan fingerprint density at radius 1 is 1.67 bits per heavy atom. The van der Waals surface area contributed by atoms with Crippen LogP contribution in [0, 0.1) is 10.1 Å². The SMILES string of the molecule is CCCC(O[N+](=O)[O-])C(C)(C)O. The molecule has 72 valence electrons. The molecule has 0 aliphatic heterocycles. The number of aliphatic hydroxyl groups is 1. The Hall–Kier alpha value is -0.840. The number of rotatable bonds is 5. The minimum atomic E-state index is -1.16. The average molecular weight is 177 g/mol. The number of hydrogen-bond acceptors (Lipinski definition) is 4. The van der Waals surface area contributed by atoms with E-state index in [0.717, 1.165) is 6.42 Å². The van der Waals surface area contributed by atoms with E-state index in [4.69, 9.17) is 0 Å². The van der Waals surface area contributed by atoms with Crippen molar-refractivity contribution in [2.75, 3.05) is 0 Å². The number of nitrogens with zero attached hydrogens (tertiary/aromatic N) is 1. The lowest BCUT2D eigenvalue weighted by molar-refractivity contribution is -0.772. The summed E-state index contributed by atoms with van der Waals surface area (Å²) in [5.74, 6) is 0. The summed E-state index contributed by atoms with van der Waals surface area (Å²) in [5.41, 5.74) is -1.16. The van der Waals surface area contributed by atoms with Crippen LogP contribution in [0.3, 0.4) is 0 Å². The van der Waals surface area contributed by atoms with Crippen LogP contribution in [-0.4, -0.2) is 21.9 Å². The predicted octanol–water partition coefficient (Wildman–Crippen LogP) is 1.13. The highest BCUT2D eigenvalue weighted by Gasteiger charge is 2.29. The third-order valence-electron chi connectivity index (χ3n) is 1.55. The molecule has 0 spiro atoms. The summed E-state index contributed by atoms with van der Waals surface area (Å²) in [5, 5.41) is 18.6. The van der Waals surface area contributed by atoms with Crippen molar-refractivity contribution in [3.05, 3.63) is 10.1 Å². The maximum atomic E-state index is 10.0. The molecule has 0 aliphatic carbocycles. The van der Waals surface area contributed by atoms with Crippen molar-refractivity contribution in [1.29, 1.82) is 0 Å². The second-order valence-electron chi connectivity index (χ2n) is 3.26. The monoisotopic (exact) mass is 177 g/mol. The van der Waals surface area contributed by atoms with Gasteiger partial charge in [0.15, 0.2) is 0 Å². The van der Waals surface area contributed by atoms with Gasteiger partial charge in [0.25, 0.3) is 5.09 Å².